The van der Waals surface area contributed by atoms with E-state index in [2.05, 4.69) is 26.1 Å². The molecule has 0 aromatic heterocycles. The molecule has 0 bridgehead atoms. The molecule has 0 saturated heterocycles. The normalized spacial score (nSPS) is 11.1. The van der Waals surface area contributed by atoms with Crippen LogP contribution in [0.5, 0.6) is 5.75 Å². The highest BCUT2D eigenvalue weighted by molar-refractivity contribution is 5.58. The largest absolute Gasteiger partial charge is 0.487 e. The van der Waals surface area contributed by atoms with Crippen molar-refractivity contribution in [2.24, 2.45) is 5.41 Å². The SMILES string of the molecule is CCOc1cc(NCC(C)(C)C)ccc1[N+](=O)[O-]. The maximum atomic E-state index is 10.8. The topological polar surface area (TPSA) is 64.4 Å². The second kappa shape index (κ2) is 5.71. The number of benzene rings is 1. The molecular weight excluding hydrogens is 232 g/mol. The van der Waals surface area contributed by atoms with Gasteiger partial charge in [0, 0.05) is 24.4 Å². The summed E-state index contributed by atoms with van der Waals surface area (Å²) in [5.41, 5.74) is 0.977. The van der Waals surface area contributed by atoms with Gasteiger partial charge in [0.05, 0.1) is 11.5 Å². The molecule has 0 unspecified atom stereocenters. The fourth-order valence-corrected chi connectivity index (χ4v) is 1.41. The van der Waals surface area contributed by atoms with Crippen LogP contribution in [-0.4, -0.2) is 18.1 Å². The third kappa shape index (κ3) is 4.24. The number of nitrogens with zero attached hydrogens (tertiary/aromatic N) is 1. The Morgan fingerprint density at radius 2 is 2.06 bits per heavy atom. The lowest BCUT2D eigenvalue weighted by atomic mass is 9.97. The van der Waals surface area contributed by atoms with Gasteiger partial charge in [-0.1, -0.05) is 20.8 Å². The molecule has 1 aromatic carbocycles. The Bertz CT molecular complexity index is 425. The van der Waals surface area contributed by atoms with Crippen LogP contribution in [0.4, 0.5) is 11.4 Å². The molecule has 0 atom stereocenters. The number of nitrogens with one attached hydrogen (secondary N) is 1. The zero-order valence-corrected chi connectivity index (χ0v) is 11.3. The van der Waals surface area contributed by atoms with Crippen molar-refractivity contribution >= 4 is 11.4 Å². The van der Waals surface area contributed by atoms with Gasteiger partial charge < -0.3 is 10.1 Å². The van der Waals surface area contributed by atoms with E-state index in [1.54, 1.807) is 19.1 Å². The Labute approximate surface area is 107 Å². The first kappa shape index (κ1) is 14.3. The van der Waals surface area contributed by atoms with Gasteiger partial charge in [-0.3, -0.25) is 10.1 Å². The summed E-state index contributed by atoms with van der Waals surface area (Å²) >= 11 is 0. The molecule has 0 aliphatic heterocycles. The lowest BCUT2D eigenvalue weighted by molar-refractivity contribution is -0.385. The van der Waals surface area contributed by atoms with Gasteiger partial charge in [0.25, 0.3) is 0 Å². The Kier molecular flexibility index (Phi) is 4.53. The number of hydrogen-bond donors (Lipinski definition) is 1. The maximum Gasteiger partial charge on any atom is 0.311 e. The fraction of sp³-hybridized carbons (Fsp3) is 0.538. The minimum atomic E-state index is -0.432. The van der Waals surface area contributed by atoms with Crippen LogP contribution in [-0.2, 0) is 0 Å². The number of anilines is 1. The molecule has 0 heterocycles. The van der Waals surface area contributed by atoms with Crippen molar-refractivity contribution in [1.82, 2.24) is 0 Å². The molecule has 0 spiro atoms. The minimum Gasteiger partial charge on any atom is -0.487 e. The summed E-state index contributed by atoms with van der Waals surface area (Å²) in [4.78, 5) is 10.4. The Morgan fingerprint density at radius 3 is 2.56 bits per heavy atom. The van der Waals surface area contributed by atoms with Crippen molar-refractivity contribution < 1.29 is 9.66 Å². The van der Waals surface area contributed by atoms with Gasteiger partial charge >= 0.3 is 5.69 Å². The molecule has 1 aromatic rings. The molecule has 5 heteroatoms. The van der Waals surface area contributed by atoms with Crippen molar-refractivity contribution in [3.8, 4) is 5.75 Å². The van der Waals surface area contributed by atoms with Gasteiger partial charge in [-0.05, 0) is 18.4 Å². The van der Waals surface area contributed by atoms with Crippen molar-refractivity contribution in [2.45, 2.75) is 27.7 Å². The monoisotopic (exact) mass is 252 g/mol. The summed E-state index contributed by atoms with van der Waals surface area (Å²) in [6.07, 6.45) is 0. The standard InChI is InChI=1S/C13H20N2O3/c1-5-18-12-8-10(14-9-13(2,3)4)6-7-11(12)15(16)17/h6-8,14H,5,9H2,1-4H3. The summed E-state index contributed by atoms with van der Waals surface area (Å²) in [6, 6.07) is 4.84. The lowest BCUT2D eigenvalue weighted by Crippen LogP contribution is -2.19. The van der Waals surface area contributed by atoms with Crippen LogP contribution in [0.3, 0.4) is 0 Å². The lowest BCUT2D eigenvalue weighted by Gasteiger charge is -2.19. The highest BCUT2D eigenvalue weighted by Gasteiger charge is 2.16. The summed E-state index contributed by atoms with van der Waals surface area (Å²) in [6.45, 7) is 9.36. The van der Waals surface area contributed by atoms with Gasteiger partial charge in [0.1, 0.15) is 0 Å². The first-order valence-electron chi connectivity index (χ1n) is 5.98. The third-order valence-corrected chi connectivity index (χ3v) is 2.28. The van der Waals surface area contributed by atoms with Crippen LogP contribution in [0.15, 0.2) is 18.2 Å². The zero-order valence-electron chi connectivity index (χ0n) is 11.3. The number of ether oxygens (including phenoxy) is 1. The number of nitro groups is 1. The fourth-order valence-electron chi connectivity index (χ4n) is 1.41. The summed E-state index contributed by atoms with van der Waals surface area (Å²) < 4.78 is 5.29. The van der Waals surface area contributed by atoms with E-state index in [-0.39, 0.29) is 11.1 Å². The molecule has 100 valence electrons. The van der Waals surface area contributed by atoms with Crippen molar-refractivity contribution in [3.63, 3.8) is 0 Å². The van der Waals surface area contributed by atoms with Crippen LogP contribution in [0.1, 0.15) is 27.7 Å². The molecule has 0 aliphatic carbocycles. The maximum absolute atomic E-state index is 10.8. The van der Waals surface area contributed by atoms with Gasteiger partial charge in [-0.25, -0.2) is 0 Å². The van der Waals surface area contributed by atoms with E-state index in [1.165, 1.54) is 6.07 Å². The molecule has 0 radical (unpaired) electrons. The van der Waals surface area contributed by atoms with E-state index in [4.69, 9.17) is 4.74 Å². The van der Waals surface area contributed by atoms with E-state index < -0.39 is 4.92 Å². The summed E-state index contributed by atoms with van der Waals surface area (Å²) in [5.74, 6) is 0.307. The number of nitro benzene ring substituents is 1. The van der Waals surface area contributed by atoms with Crippen LogP contribution < -0.4 is 10.1 Å². The van der Waals surface area contributed by atoms with E-state index in [0.29, 0.717) is 12.4 Å². The molecule has 0 amide bonds. The molecule has 0 saturated carbocycles. The minimum absolute atomic E-state index is 0.00170. The molecule has 0 aliphatic rings. The highest BCUT2D eigenvalue weighted by Crippen LogP contribution is 2.30. The van der Waals surface area contributed by atoms with Crippen LogP contribution in [0.2, 0.25) is 0 Å². The van der Waals surface area contributed by atoms with Crippen molar-refractivity contribution in [1.29, 1.82) is 0 Å². The van der Waals surface area contributed by atoms with E-state index in [9.17, 15) is 10.1 Å². The molecule has 0 fully saturated rings. The second-order valence-electron chi connectivity index (χ2n) is 5.29. The Hall–Kier alpha value is -1.78. The van der Waals surface area contributed by atoms with Gasteiger partial charge in [0.15, 0.2) is 5.75 Å². The van der Waals surface area contributed by atoms with Crippen molar-refractivity contribution in [2.75, 3.05) is 18.5 Å². The number of rotatable bonds is 5. The van der Waals surface area contributed by atoms with E-state index in [0.717, 1.165) is 12.2 Å². The predicted molar refractivity (Wildman–Crippen MR) is 72.2 cm³/mol. The van der Waals surface area contributed by atoms with E-state index >= 15 is 0 Å². The average molecular weight is 252 g/mol. The van der Waals surface area contributed by atoms with Crippen molar-refractivity contribution in [3.05, 3.63) is 28.3 Å². The summed E-state index contributed by atoms with van der Waals surface area (Å²) in [5, 5.41) is 14.1. The summed E-state index contributed by atoms with van der Waals surface area (Å²) in [7, 11) is 0. The molecule has 18 heavy (non-hydrogen) atoms. The number of hydrogen-bond acceptors (Lipinski definition) is 4. The third-order valence-electron chi connectivity index (χ3n) is 2.28. The van der Waals surface area contributed by atoms with Gasteiger partial charge in [-0.2, -0.15) is 0 Å². The predicted octanol–water partition coefficient (Wildman–Crippen LogP) is 3.45. The first-order valence-corrected chi connectivity index (χ1v) is 5.98. The average Bonchev–Trinajstić information content (AvgIpc) is 2.25. The molecule has 5 nitrogen and oxygen atoms in total. The molecule has 1 rings (SSSR count). The zero-order chi connectivity index (χ0) is 13.8. The smallest absolute Gasteiger partial charge is 0.311 e. The second-order valence-corrected chi connectivity index (χ2v) is 5.29. The van der Waals surface area contributed by atoms with Gasteiger partial charge in [-0.15, -0.1) is 0 Å². The highest BCUT2D eigenvalue weighted by atomic mass is 16.6. The Morgan fingerprint density at radius 1 is 1.39 bits per heavy atom. The Balaban J connectivity index is 2.89. The van der Waals surface area contributed by atoms with E-state index in [1.807, 2.05) is 0 Å². The first-order chi connectivity index (χ1) is 8.33. The quantitative estimate of drug-likeness (QED) is 0.644. The van der Waals surface area contributed by atoms with Crippen LogP contribution >= 0.6 is 0 Å². The van der Waals surface area contributed by atoms with Gasteiger partial charge in [0.2, 0.25) is 0 Å². The van der Waals surface area contributed by atoms with Crippen LogP contribution in [0, 0.1) is 15.5 Å². The molecule has 1 N–H and O–H groups in total. The molecular formula is C13H20N2O3. The van der Waals surface area contributed by atoms with Crippen LogP contribution in [0.25, 0.3) is 0 Å².